The van der Waals surface area contributed by atoms with Gasteiger partial charge in [0.1, 0.15) is 0 Å². The maximum Gasteiger partial charge on any atom is 0.302 e. The van der Waals surface area contributed by atoms with Crippen LogP contribution in [0.5, 0.6) is 0 Å². The van der Waals surface area contributed by atoms with Crippen molar-refractivity contribution in [3.05, 3.63) is 24.3 Å². The van der Waals surface area contributed by atoms with Gasteiger partial charge in [0.25, 0.3) is 0 Å². The molecule has 1 aromatic rings. The molecule has 0 bridgehead atoms. The minimum Gasteiger partial charge on any atom is -0.367 e. The van der Waals surface area contributed by atoms with Crippen molar-refractivity contribution < 1.29 is 17.1 Å². The van der Waals surface area contributed by atoms with Crippen molar-refractivity contribution in [2.24, 2.45) is 5.92 Å². The van der Waals surface area contributed by atoms with Crippen molar-refractivity contribution in [2.75, 3.05) is 55.3 Å². The van der Waals surface area contributed by atoms with E-state index < -0.39 is 21.9 Å². The molecule has 24 heavy (non-hydrogen) atoms. The van der Waals surface area contributed by atoms with E-state index in [4.69, 9.17) is 0 Å². The summed E-state index contributed by atoms with van der Waals surface area (Å²) in [6.07, 6.45) is 0.0697. The van der Waals surface area contributed by atoms with E-state index in [1.807, 2.05) is 24.3 Å². The minimum atomic E-state index is -4.57. The highest BCUT2D eigenvalue weighted by atomic mass is 32.3. The second kappa shape index (κ2) is 6.68. The van der Waals surface area contributed by atoms with Crippen molar-refractivity contribution in [2.45, 2.75) is 6.42 Å². The molecule has 6 nitrogen and oxygen atoms in total. The summed E-state index contributed by atoms with van der Waals surface area (Å²) in [4.78, 5) is 18.4. The number of nitrogens with zero attached hydrogens (tertiary/aromatic N) is 3. The van der Waals surface area contributed by atoms with Gasteiger partial charge in [-0.15, -0.1) is 3.89 Å². The Kier molecular flexibility index (Phi) is 4.78. The molecule has 2 aliphatic rings. The van der Waals surface area contributed by atoms with Crippen LogP contribution in [0.15, 0.2) is 24.3 Å². The Balaban J connectivity index is 1.81. The average molecular weight is 355 g/mol. The molecule has 0 N–H and O–H groups in total. The fourth-order valence-corrected chi connectivity index (χ4v) is 4.20. The maximum absolute atomic E-state index is 12.9. The number of piperazine rings is 1. The minimum absolute atomic E-state index is 0.0697. The number of hydrogen-bond acceptors (Lipinski definition) is 5. The summed E-state index contributed by atoms with van der Waals surface area (Å²) in [6.45, 7) is 3.89. The van der Waals surface area contributed by atoms with Gasteiger partial charge in [-0.3, -0.25) is 4.79 Å². The number of carbonyl (C=O) groups excluding carboxylic acids is 1. The molecule has 0 spiro atoms. The summed E-state index contributed by atoms with van der Waals surface area (Å²) in [5.41, 5.74) is 1.76. The molecule has 1 aromatic carbocycles. The van der Waals surface area contributed by atoms with Gasteiger partial charge >= 0.3 is 10.2 Å². The standard InChI is InChI=1S/C16H22FN3O3S/c1-18-6-8-19(9-7-18)14-4-2-3-5-15(14)20-11-13(10-16(20)21)12-24(17,22)23/h2-5,13H,6-12H2,1H3. The maximum atomic E-state index is 12.9. The van der Waals surface area contributed by atoms with Crippen LogP contribution in [0.2, 0.25) is 0 Å². The summed E-state index contributed by atoms with van der Waals surface area (Å²) < 4.78 is 34.7. The second-order valence-electron chi connectivity index (χ2n) is 6.56. The molecule has 8 heteroatoms. The van der Waals surface area contributed by atoms with Gasteiger partial charge in [-0.2, -0.15) is 8.42 Å². The van der Waals surface area contributed by atoms with Crippen LogP contribution in [0.4, 0.5) is 15.3 Å². The molecule has 1 unspecified atom stereocenters. The van der Waals surface area contributed by atoms with Gasteiger partial charge in [0.2, 0.25) is 5.91 Å². The van der Waals surface area contributed by atoms with Crippen molar-refractivity contribution in [1.29, 1.82) is 0 Å². The summed E-state index contributed by atoms with van der Waals surface area (Å²) >= 11 is 0. The monoisotopic (exact) mass is 355 g/mol. The molecule has 132 valence electrons. The van der Waals surface area contributed by atoms with Gasteiger partial charge in [0.05, 0.1) is 17.1 Å². The number of carbonyl (C=O) groups is 1. The Morgan fingerprint density at radius 2 is 1.75 bits per heavy atom. The number of hydrogen-bond donors (Lipinski definition) is 0. The van der Waals surface area contributed by atoms with Gasteiger partial charge < -0.3 is 14.7 Å². The molecular formula is C16H22FN3O3S. The van der Waals surface area contributed by atoms with Crippen molar-refractivity contribution >= 4 is 27.5 Å². The zero-order chi connectivity index (χ0) is 17.3. The van der Waals surface area contributed by atoms with E-state index in [0.717, 1.165) is 37.6 Å². The first-order valence-electron chi connectivity index (χ1n) is 8.09. The van der Waals surface area contributed by atoms with Gasteiger partial charge in [-0.1, -0.05) is 12.1 Å². The number of benzene rings is 1. The zero-order valence-electron chi connectivity index (χ0n) is 13.7. The summed E-state index contributed by atoms with van der Waals surface area (Å²) in [7, 11) is -2.49. The predicted octanol–water partition coefficient (Wildman–Crippen LogP) is 1.09. The molecule has 1 atom stereocenters. The van der Waals surface area contributed by atoms with Crippen LogP contribution < -0.4 is 9.80 Å². The molecule has 0 radical (unpaired) electrons. The fourth-order valence-electron chi connectivity index (χ4n) is 3.41. The summed E-state index contributed by atoms with van der Waals surface area (Å²) in [5.74, 6) is -1.23. The normalized spacial score (nSPS) is 23.1. The lowest BCUT2D eigenvalue weighted by Crippen LogP contribution is -2.45. The quantitative estimate of drug-likeness (QED) is 0.757. The first kappa shape index (κ1) is 17.2. The first-order chi connectivity index (χ1) is 11.3. The largest absolute Gasteiger partial charge is 0.367 e. The number of anilines is 2. The Morgan fingerprint density at radius 1 is 1.12 bits per heavy atom. The van der Waals surface area contributed by atoms with Crippen LogP contribution in [0.25, 0.3) is 0 Å². The van der Waals surface area contributed by atoms with Crippen molar-refractivity contribution in [1.82, 2.24) is 4.90 Å². The van der Waals surface area contributed by atoms with E-state index in [-0.39, 0.29) is 18.9 Å². The molecule has 2 aliphatic heterocycles. The van der Waals surface area contributed by atoms with Crippen LogP contribution in [0.1, 0.15) is 6.42 Å². The molecule has 0 aliphatic carbocycles. The molecular weight excluding hydrogens is 333 g/mol. The smallest absolute Gasteiger partial charge is 0.302 e. The van der Waals surface area contributed by atoms with Crippen molar-refractivity contribution in [3.8, 4) is 0 Å². The average Bonchev–Trinajstić information content (AvgIpc) is 2.86. The molecule has 2 fully saturated rings. The van der Waals surface area contributed by atoms with Crippen molar-refractivity contribution in [3.63, 3.8) is 0 Å². The Bertz CT molecular complexity index is 717. The SMILES string of the molecule is CN1CCN(c2ccccc2N2CC(CS(=O)(=O)F)CC2=O)CC1. The van der Waals surface area contributed by atoms with Crippen LogP contribution in [0, 0.1) is 5.92 Å². The molecule has 3 rings (SSSR count). The highest BCUT2D eigenvalue weighted by Crippen LogP contribution is 2.34. The lowest BCUT2D eigenvalue weighted by Gasteiger charge is -2.36. The molecule has 1 amide bonds. The number of amides is 1. The van der Waals surface area contributed by atoms with E-state index in [9.17, 15) is 17.1 Å². The van der Waals surface area contributed by atoms with Crippen LogP contribution in [0.3, 0.4) is 0 Å². The fraction of sp³-hybridized carbons (Fsp3) is 0.562. The van der Waals surface area contributed by atoms with Crippen LogP contribution >= 0.6 is 0 Å². The Morgan fingerprint density at radius 3 is 2.38 bits per heavy atom. The van der Waals surface area contributed by atoms with Gasteiger partial charge in [-0.05, 0) is 19.2 Å². The van der Waals surface area contributed by atoms with E-state index in [1.54, 1.807) is 4.90 Å². The lowest BCUT2D eigenvalue weighted by atomic mass is 10.1. The number of rotatable bonds is 4. The lowest BCUT2D eigenvalue weighted by molar-refractivity contribution is -0.117. The van der Waals surface area contributed by atoms with Gasteiger partial charge in [0, 0.05) is 45.1 Å². The van der Waals surface area contributed by atoms with E-state index in [2.05, 4.69) is 16.8 Å². The number of likely N-dealkylation sites (N-methyl/N-ethyl adjacent to an activating group) is 1. The van der Waals surface area contributed by atoms with Crippen LogP contribution in [-0.2, 0) is 15.0 Å². The number of halogens is 1. The third-order valence-corrected chi connectivity index (χ3v) is 5.53. The third-order valence-electron chi connectivity index (χ3n) is 4.66. The number of para-hydroxylation sites is 2. The Hall–Kier alpha value is -1.67. The van der Waals surface area contributed by atoms with E-state index in [0.29, 0.717) is 0 Å². The highest BCUT2D eigenvalue weighted by Gasteiger charge is 2.35. The zero-order valence-corrected chi connectivity index (χ0v) is 14.5. The second-order valence-corrected chi connectivity index (χ2v) is 7.97. The summed E-state index contributed by atoms with van der Waals surface area (Å²) in [6, 6.07) is 7.65. The third kappa shape index (κ3) is 3.87. The van der Waals surface area contributed by atoms with Crippen LogP contribution in [-0.4, -0.2) is 64.7 Å². The molecule has 2 saturated heterocycles. The molecule has 0 aromatic heterocycles. The predicted molar refractivity (Wildman–Crippen MR) is 91.5 cm³/mol. The Labute approximate surface area is 142 Å². The molecule has 0 saturated carbocycles. The molecule has 2 heterocycles. The van der Waals surface area contributed by atoms with Gasteiger partial charge in [0.15, 0.2) is 0 Å². The van der Waals surface area contributed by atoms with Gasteiger partial charge in [-0.25, -0.2) is 0 Å². The topological polar surface area (TPSA) is 60.9 Å². The first-order valence-corrected chi connectivity index (χ1v) is 9.64. The highest BCUT2D eigenvalue weighted by molar-refractivity contribution is 7.86. The van der Waals surface area contributed by atoms with E-state index >= 15 is 0 Å². The summed E-state index contributed by atoms with van der Waals surface area (Å²) in [5, 5.41) is 0. The van der Waals surface area contributed by atoms with E-state index in [1.165, 1.54) is 0 Å².